The lowest BCUT2D eigenvalue weighted by Crippen LogP contribution is -2.26. The molecule has 110 valence electrons. The third-order valence-electron chi connectivity index (χ3n) is 3.13. The van der Waals surface area contributed by atoms with E-state index in [4.69, 9.17) is 0 Å². The van der Waals surface area contributed by atoms with Gasteiger partial charge in [0.2, 0.25) is 0 Å². The van der Waals surface area contributed by atoms with Crippen molar-refractivity contribution in [3.63, 3.8) is 0 Å². The highest BCUT2D eigenvalue weighted by molar-refractivity contribution is 9.10. The van der Waals surface area contributed by atoms with E-state index in [1.165, 1.54) is 6.07 Å². The van der Waals surface area contributed by atoms with Crippen molar-refractivity contribution in [3.05, 3.63) is 69.9 Å². The summed E-state index contributed by atoms with van der Waals surface area (Å²) < 4.78 is 14.5. The summed E-state index contributed by atoms with van der Waals surface area (Å²) in [5.74, 6) is -0.307. The normalized spacial score (nSPS) is 10.9. The molecule has 0 aromatic heterocycles. The minimum Gasteiger partial charge on any atom is -0.298 e. The third-order valence-corrected chi connectivity index (χ3v) is 3.63. The van der Waals surface area contributed by atoms with Gasteiger partial charge in [-0.25, -0.2) is 4.39 Å². The van der Waals surface area contributed by atoms with Gasteiger partial charge in [0.1, 0.15) is 5.82 Å². The smallest absolute Gasteiger partial charge is 0.151 e. The van der Waals surface area contributed by atoms with Gasteiger partial charge >= 0.3 is 0 Å². The van der Waals surface area contributed by atoms with Crippen molar-refractivity contribution in [2.24, 2.45) is 0 Å². The summed E-state index contributed by atoms with van der Waals surface area (Å²) in [6, 6.07) is 14.4. The molecule has 2 aromatic carbocycles. The number of carbonyl (C=O) groups is 1. The third kappa shape index (κ3) is 5.06. The van der Waals surface area contributed by atoms with E-state index in [9.17, 15) is 9.18 Å². The van der Waals surface area contributed by atoms with Gasteiger partial charge in [0.25, 0.3) is 0 Å². The molecule has 0 amide bonds. The van der Waals surface area contributed by atoms with Gasteiger partial charge in [0.05, 0.1) is 6.54 Å². The minimum atomic E-state index is -0.319. The number of nitrogens with zero attached hydrogens (tertiary/aromatic N) is 1. The number of hydrogen-bond donors (Lipinski definition) is 0. The molecule has 21 heavy (non-hydrogen) atoms. The zero-order valence-electron chi connectivity index (χ0n) is 11.9. The molecule has 0 aliphatic carbocycles. The molecule has 2 nitrogen and oxygen atoms in total. The molecule has 0 saturated heterocycles. The Labute approximate surface area is 132 Å². The van der Waals surface area contributed by atoms with Crippen molar-refractivity contribution >= 4 is 21.7 Å². The van der Waals surface area contributed by atoms with E-state index >= 15 is 0 Å². The summed E-state index contributed by atoms with van der Waals surface area (Å²) >= 11 is 3.43. The number of benzene rings is 2. The van der Waals surface area contributed by atoms with Crippen molar-refractivity contribution in [2.45, 2.75) is 13.0 Å². The van der Waals surface area contributed by atoms with Crippen LogP contribution in [0.5, 0.6) is 0 Å². The largest absolute Gasteiger partial charge is 0.298 e. The Kier molecular flexibility index (Phi) is 5.65. The van der Waals surface area contributed by atoms with Gasteiger partial charge in [-0.15, -0.1) is 0 Å². The number of ketones is 1. The maximum absolute atomic E-state index is 13.5. The molecule has 0 N–H and O–H groups in total. The van der Waals surface area contributed by atoms with Crippen molar-refractivity contribution in [1.82, 2.24) is 4.90 Å². The molecule has 4 heteroatoms. The average molecular weight is 350 g/mol. The summed E-state index contributed by atoms with van der Waals surface area (Å²) in [4.78, 5) is 14.0. The highest BCUT2D eigenvalue weighted by Crippen LogP contribution is 2.13. The fourth-order valence-corrected chi connectivity index (χ4v) is 2.66. The Bertz CT molecular complexity index is 630. The Morgan fingerprint density at radius 1 is 1.19 bits per heavy atom. The highest BCUT2D eigenvalue weighted by atomic mass is 79.9. The van der Waals surface area contributed by atoms with Crippen molar-refractivity contribution in [1.29, 1.82) is 0 Å². The van der Waals surface area contributed by atoms with Crippen LogP contribution in [0.25, 0.3) is 0 Å². The first kappa shape index (κ1) is 15.9. The van der Waals surface area contributed by atoms with Crippen LogP contribution in [0.4, 0.5) is 4.39 Å². The van der Waals surface area contributed by atoms with Gasteiger partial charge in [-0.05, 0) is 36.4 Å². The van der Waals surface area contributed by atoms with Crippen molar-refractivity contribution in [2.75, 3.05) is 13.6 Å². The van der Waals surface area contributed by atoms with Crippen molar-refractivity contribution < 1.29 is 9.18 Å². The van der Waals surface area contributed by atoms with Gasteiger partial charge in [0, 0.05) is 17.4 Å². The lowest BCUT2D eigenvalue weighted by molar-refractivity contribution is -0.119. The zero-order chi connectivity index (χ0) is 15.2. The molecular formula is C17H17BrFNO. The highest BCUT2D eigenvalue weighted by Gasteiger charge is 2.10. The second kappa shape index (κ2) is 7.48. The molecule has 0 atom stereocenters. The molecule has 0 bridgehead atoms. The molecule has 0 heterocycles. The standard InChI is InChI=1S/C17H17BrFNO/c1-20(11-13-5-4-7-15(18)9-13)12-16(21)10-14-6-2-3-8-17(14)19/h2-9H,10-12H2,1H3. The molecule has 0 aliphatic heterocycles. The summed E-state index contributed by atoms with van der Waals surface area (Å²) in [6.07, 6.45) is 0.134. The zero-order valence-corrected chi connectivity index (χ0v) is 13.4. The van der Waals surface area contributed by atoms with Crippen LogP contribution in [-0.2, 0) is 17.8 Å². The summed E-state index contributed by atoms with van der Waals surface area (Å²) in [5, 5.41) is 0. The average Bonchev–Trinajstić information content (AvgIpc) is 2.41. The van der Waals surface area contributed by atoms with Crippen LogP contribution in [0.1, 0.15) is 11.1 Å². The van der Waals surface area contributed by atoms with Gasteiger partial charge in [-0.1, -0.05) is 46.3 Å². The molecule has 0 unspecified atom stereocenters. The first-order valence-corrected chi connectivity index (χ1v) is 7.52. The first-order valence-electron chi connectivity index (χ1n) is 6.72. The van der Waals surface area contributed by atoms with Crippen LogP contribution in [0.3, 0.4) is 0 Å². The Morgan fingerprint density at radius 3 is 2.67 bits per heavy atom. The summed E-state index contributed by atoms with van der Waals surface area (Å²) in [5.41, 5.74) is 1.59. The van der Waals surface area contributed by atoms with E-state index in [1.807, 2.05) is 36.2 Å². The molecule has 2 aromatic rings. The first-order chi connectivity index (χ1) is 10.0. The van der Waals surface area contributed by atoms with E-state index in [1.54, 1.807) is 18.2 Å². The predicted molar refractivity (Wildman–Crippen MR) is 85.6 cm³/mol. The lowest BCUT2D eigenvalue weighted by Gasteiger charge is -2.16. The number of rotatable bonds is 6. The number of likely N-dealkylation sites (N-methyl/N-ethyl adjacent to an activating group) is 1. The molecule has 0 fully saturated rings. The quantitative estimate of drug-likeness (QED) is 0.789. The molecular weight excluding hydrogens is 333 g/mol. The Balaban J connectivity index is 1.89. The van der Waals surface area contributed by atoms with Crippen LogP contribution in [-0.4, -0.2) is 24.3 Å². The summed E-state index contributed by atoms with van der Waals surface area (Å²) in [7, 11) is 1.89. The van der Waals surface area contributed by atoms with Crippen LogP contribution in [0, 0.1) is 5.82 Å². The van der Waals surface area contributed by atoms with E-state index in [0.717, 1.165) is 10.0 Å². The second-order valence-electron chi connectivity index (χ2n) is 5.11. The number of carbonyl (C=O) groups excluding carboxylic acids is 1. The number of hydrogen-bond acceptors (Lipinski definition) is 2. The van der Waals surface area contributed by atoms with Crippen LogP contribution in [0.2, 0.25) is 0 Å². The molecule has 0 aliphatic rings. The van der Waals surface area contributed by atoms with Crippen LogP contribution < -0.4 is 0 Å². The SMILES string of the molecule is CN(CC(=O)Cc1ccccc1F)Cc1cccc(Br)c1. The maximum atomic E-state index is 13.5. The van der Waals surface area contributed by atoms with Gasteiger partial charge in [-0.3, -0.25) is 9.69 Å². The molecule has 0 radical (unpaired) electrons. The Hall–Kier alpha value is -1.52. The fraction of sp³-hybridized carbons (Fsp3) is 0.235. The maximum Gasteiger partial charge on any atom is 0.151 e. The molecule has 0 saturated carbocycles. The van der Waals surface area contributed by atoms with Gasteiger partial charge in [-0.2, -0.15) is 0 Å². The van der Waals surface area contributed by atoms with E-state index in [2.05, 4.69) is 15.9 Å². The van der Waals surface area contributed by atoms with Gasteiger partial charge in [0.15, 0.2) is 5.78 Å². The van der Waals surface area contributed by atoms with Crippen molar-refractivity contribution in [3.8, 4) is 0 Å². The topological polar surface area (TPSA) is 20.3 Å². The second-order valence-corrected chi connectivity index (χ2v) is 6.02. The number of halogens is 2. The number of Topliss-reactive ketones (excluding diaryl/α,β-unsaturated/α-hetero) is 1. The van der Waals surface area contributed by atoms with E-state index in [-0.39, 0.29) is 18.0 Å². The van der Waals surface area contributed by atoms with Crippen LogP contribution in [0.15, 0.2) is 53.0 Å². The lowest BCUT2D eigenvalue weighted by atomic mass is 10.1. The summed E-state index contributed by atoms with van der Waals surface area (Å²) in [6.45, 7) is 0.989. The molecule has 2 rings (SSSR count). The molecule has 0 spiro atoms. The van der Waals surface area contributed by atoms with E-state index < -0.39 is 0 Å². The minimum absolute atomic E-state index is 0.0117. The van der Waals surface area contributed by atoms with Gasteiger partial charge < -0.3 is 0 Å². The predicted octanol–water partition coefficient (Wildman–Crippen LogP) is 3.83. The van der Waals surface area contributed by atoms with E-state index in [0.29, 0.717) is 18.7 Å². The monoisotopic (exact) mass is 349 g/mol. The Morgan fingerprint density at radius 2 is 1.95 bits per heavy atom. The van der Waals surface area contributed by atoms with Crippen LogP contribution >= 0.6 is 15.9 Å². The fourth-order valence-electron chi connectivity index (χ4n) is 2.21.